The molecule has 0 bridgehead atoms. The van der Waals surface area contributed by atoms with Gasteiger partial charge in [0.2, 0.25) is 0 Å². The van der Waals surface area contributed by atoms with E-state index in [2.05, 4.69) is 45.9 Å². The van der Waals surface area contributed by atoms with Crippen molar-refractivity contribution in [1.82, 2.24) is 24.1 Å². The molecule has 132 valence electrons. The summed E-state index contributed by atoms with van der Waals surface area (Å²) in [6, 6.07) is 14.1. The quantitative estimate of drug-likeness (QED) is 0.576. The van der Waals surface area contributed by atoms with Crippen LogP contribution in [0.2, 0.25) is 0 Å². The first-order valence-corrected chi connectivity index (χ1v) is 8.84. The zero-order valence-corrected chi connectivity index (χ0v) is 15.0. The Balaban J connectivity index is 1.64. The standard InChI is InChI=1S/C20H22N6/c1-15(2)13-25-14-21-11-17(25)12-22-20-10-18(16-6-4-3-5-7-16)24-19-8-9-23-26(19)20/h3-11,14-15,22H,12-13H2,1-2H3. The van der Waals surface area contributed by atoms with E-state index in [1.54, 1.807) is 6.20 Å². The molecular weight excluding hydrogens is 324 g/mol. The highest BCUT2D eigenvalue weighted by Crippen LogP contribution is 2.22. The number of imidazole rings is 1. The van der Waals surface area contributed by atoms with Crippen molar-refractivity contribution < 1.29 is 0 Å². The largest absolute Gasteiger partial charge is 0.364 e. The van der Waals surface area contributed by atoms with Crippen molar-refractivity contribution >= 4 is 11.5 Å². The molecule has 0 saturated carbocycles. The molecule has 0 spiro atoms. The lowest BCUT2D eigenvalue weighted by atomic mass is 10.1. The summed E-state index contributed by atoms with van der Waals surface area (Å²) in [7, 11) is 0. The third-order valence-electron chi connectivity index (χ3n) is 4.24. The van der Waals surface area contributed by atoms with E-state index in [1.807, 2.05) is 47.4 Å². The third-order valence-corrected chi connectivity index (χ3v) is 4.24. The van der Waals surface area contributed by atoms with E-state index in [0.29, 0.717) is 12.5 Å². The van der Waals surface area contributed by atoms with E-state index in [-0.39, 0.29) is 0 Å². The lowest BCUT2D eigenvalue weighted by Crippen LogP contribution is -2.12. The summed E-state index contributed by atoms with van der Waals surface area (Å²) in [4.78, 5) is 9.00. The van der Waals surface area contributed by atoms with Gasteiger partial charge in [0.1, 0.15) is 5.82 Å². The van der Waals surface area contributed by atoms with Gasteiger partial charge in [0.15, 0.2) is 5.65 Å². The molecule has 0 aliphatic carbocycles. The van der Waals surface area contributed by atoms with Crippen LogP contribution in [0.3, 0.4) is 0 Å². The first kappa shape index (κ1) is 16.3. The Kier molecular flexibility index (Phi) is 4.39. The summed E-state index contributed by atoms with van der Waals surface area (Å²) in [6.07, 6.45) is 5.57. The van der Waals surface area contributed by atoms with Crippen LogP contribution in [0.25, 0.3) is 16.9 Å². The zero-order valence-electron chi connectivity index (χ0n) is 15.0. The summed E-state index contributed by atoms with van der Waals surface area (Å²) in [5.41, 5.74) is 3.99. The van der Waals surface area contributed by atoms with E-state index in [1.165, 1.54) is 0 Å². The van der Waals surface area contributed by atoms with E-state index < -0.39 is 0 Å². The van der Waals surface area contributed by atoms with Gasteiger partial charge in [-0.3, -0.25) is 0 Å². The normalized spacial score (nSPS) is 11.3. The molecule has 0 aliphatic rings. The van der Waals surface area contributed by atoms with Gasteiger partial charge in [0.05, 0.1) is 30.5 Å². The van der Waals surface area contributed by atoms with E-state index >= 15 is 0 Å². The second kappa shape index (κ2) is 7.00. The highest BCUT2D eigenvalue weighted by Gasteiger charge is 2.10. The van der Waals surface area contributed by atoms with Gasteiger partial charge in [0, 0.05) is 30.4 Å². The molecule has 0 unspecified atom stereocenters. The molecular formula is C20H22N6. The van der Waals surface area contributed by atoms with Crippen LogP contribution in [0.4, 0.5) is 5.82 Å². The number of hydrogen-bond acceptors (Lipinski definition) is 4. The second-order valence-corrected chi connectivity index (χ2v) is 6.78. The van der Waals surface area contributed by atoms with Crippen molar-refractivity contribution in [1.29, 1.82) is 0 Å². The molecule has 0 radical (unpaired) electrons. The molecule has 3 aromatic heterocycles. The summed E-state index contributed by atoms with van der Waals surface area (Å²) >= 11 is 0. The Morgan fingerprint density at radius 1 is 1.12 bits per heavy atom. The van der Waals surface area contributed by atoms with Crippen molar-refractivity contribution in [3.63, 3.8) is 0 Å². The van der Waals surface area contributed by atoms with E-state index in [4.69, 9.17) is 4.98 Å². The minimum atomic E-state index is 0.575. The van der Waals surface area contributed by atoms with Crippen molar-refractivity contribution in [2.75, 3.05) is 5.32 Å². The number of aromatic nitrogens is 5. The predicted octanol–water partition coefficient (Wildman–Crippen LogP) is 3.86. The van der Waals surface area contributed by atoms with Gasteiger partial charge < -0.3 is 9.88 Å². The highest BCUT2D eigenvalue weighted by molar-refractivity contribution is 5.66. The van der Waals surface area contributed by atoms with Crippen LogP contribution in [0, 0.1) is 5.92 Å². The predicted molar refractivity (Wildman–Crippen MR) is 103 cm³/mol. The number of rotatable bonds is 6. The average Bonchev–Trinajstić information content (AvgIpc) is 3.29. The number of nitrogens with zero attached hydrogens (tertiary/aromatic N) is 5. The Hall–Kier alpha value is -3.15. The first-order valence-electron chi connectivity index (χ1n) is 8.84. The molecule has 1 aromatic carbocycles. The molecule has 0 amide bonds. The minimum Gasteiger partial charge on any atom is -0.364 e. The number of anilines is 1. The Labute approximate surface area is 152 Å². The van der Waals surface area contributed by atoms with Crippen LogP contribution in [0.1, 0.15) is 19.5 Å². The third kappa shape index (κ3) is 3.31. The molecule has 0 aliphatic heterocycles. The van der Waals surface area contributed by atoms with Gasteiger partial charge in [0.25, 0.3) is 0 Å². The monoisotopic (exact) mass is 346 g/mol. The molecule has 0 fully saturated rings. The molecule has 4 rings (SSSR count). The van der Waals surface area contributed by atoms with Gasteiger partial charge >= 0.3 is 0 Å². The second-order valence-electron chi connectivity index (χ2n) is 6.78. The van der Waals surface area contributed by atoms with Gasteiger partial charge in [-0.05, 0) is 5.92 Å². The summed E-state index contributed by atoms with van der Waals surface area (Å²) in [6.45, 7) is 6.05. The fraction of sp³-hybridized carbons (Fsp3) is 0.250. The molecule has 3 heterocycles. The van der Waals surface area contributed by atoms with Gasteiger partial charge in [-0.25, -0.2) is 9.97 Å². The molecule has 4 aromatic rings. The Morgan fingerprint density at radius 3 is 2.77 bits per heavy atom. The number of benzene rings is 1. The minimum absolute atomic E-state index is 0.575. The fourth-order valence-corrected chi connectivity index (χ4v) is 3.03. The number of hydrogen-bond donors (Lipinski definition) is 1. The van der Waals surface area contributed by atoms with Gasteiger partial charge in [-0.2, -0.15) is 9.61 Å². The van der Waals surface area contributed by atoms with Crippen molar-refractivity contribution in [3.05, 3.63) is 66.9 Å². The molecule has 26 heavy (non-hydrogen) atoms. The first-order chi connectivity index (χ1) is 12.7. The molecule has 0 saturated heterocycles. The van der Waals surface area contributed by atoms with Crippen LogP contribution in [-0.2, 0) is 13.1 Å². The summed E-state index contributed by atoms with van der Waals surface area (Å²) in [5, 5.41) is 7.89. The van der Waals surface area contributed by atoms with Crippen molar-refractivity contribution in [2.45, 2.75) is 26.9 Å². The zero-order chi connectivity index (χ0) is 17.9. The van der Waals surface area contributed by atoms with E-state index in [9.17, 15) is 0 Å². The molecule has 6 nitrogen and oxygen atoms in total. The number of nitrogens with one attached hydrogen (secondary N) is 1. The fourth-order valence-electron chi connectivity index (χ4n) is 3.03. The maximum absolute atomic E-state index is 4.71. The van der Waals surface area contributed by atoms with Crippen LogP contribution < -0.4 is 5.32 Å². The van der Waals surface area contributed by atoms with Crippen LogP contribution in [0.15, 0.2) is 61.2 Å². The SMILES string of the molecule is CC(C)Cn1cncc1CNc1cc(-c2ccccc2)nc2ccnn12. The lowest BCUT2D eigenvalue weighted by molar-refractivity contribution is 0.511. The topological polar surface area (TPSA) is 60.0 Å². The Morgan fingerprint density at radius 2 is 1.96 bits per heavy atom. The van der Waals surface area contributed by atoms with Crippen LogP contribution in [-0.4, -0.2) is 24.1 Å². The molecule has 1 N–H and O–H groups in total. The average molecular weight is 346 g/mol. The summed E-state index contributed by atoms with van der Waals surface area (Å²) in [5.74, 6) is 1.49. The van der Waals surface area contributed by atoms with Crippen LogP contribution >= 0.6 is 0 Å². The Bertz CT molecular complexity index is 1000. The van der Waals surface area contributed by atoms with E-state index in [0.717, 1.165) is 35.0 Å². The maximum atomic E-state index is 4.71. The highest BCUT2D eigenvalue weighted by atomic mass is 15.3. The lowest BCUT2D eigenvalue weighted by Gasteiger charge is -2.13. The summed E-state index contributed by atoms with van der Waals surface area (Å²) < 4.78 is 4.02. The number of fused-ring (bicyclic) bond motifs is 1. The van der Waals surface area contributed by atoms with Gasteiger partial charge in [-0.15, -0.1) is 0 Å². The maximum Gasteiger partial charge on any atom is 0.157 e. The molecule has 6 heteroatoms. The molecule has 0 atom stereocenters. The van der Waals surface area contributed by atoms with Crippen LogP contribution in [0.5, 0.6) is 0 Å². The van der Waals surface area contributed by atoms with Gasteiger partial charge in [-0.1, -0.05) is 44.2 Å². The van der Waals surface area contributed by atoms with Crippen molar-refractivity contribution in [3.8, 4) is 11.3 Å². The smallest absolute Gasteiger partial charge is 0.157 e. The van der Waals surface area contributed by atoms with Crippen molar-refractivity contribution in [2.24, 2.45) is 5.92 Å².